The van der Waals surface area contributed by atoms with E-state index in [-0.39, 0.29) is 0 Å². The largest absolute Gasteiger partial charge is 0.496 e. The van der Waals surface area contributed by atoms with Crippen LogP contribution in [0, 0.1) is 5.92 Å². The number of aliphatic imine (C=N–C) groups is 1. The van der Waals surface area contributed by atoms with Crippen LogP contribution < -0.4 is 0 Å². The summed E-state index contributed by atoms with van der Waals surface area (Å²) in [6.07, 6.45) is 11.7. The quantitative estimate of drug-likeness (QED) is 0.646. The summed E-state index contributed by atoms with van der Waals surface area (Å²) in [6, 6.07) is 0.432. The second-order valence-electron chi connectivity index (χ2n) is 4.72. The number of hydrogen-bond donors (Lipinski definition) is 0. The van der Waals surface area contributed by atoms with E-state index in [9.17, 15) is 0 Å². The van der Waals surface area contributed by atoms with Crippen molar-refractivity contribution in [3.8, 4) is 0 Å². The van der Waals surface area contributed by atoms with Gasteiger partial charge in [0.05, 0.1) is 18.0 Å². The standard InChI is InChI=1S/C13H21NO/c1-11-6-5-9-15-10-13(14-11)12-7-3-2-4-8-12/h5,9,11-12H,2-4,6-8,10H2,1H3. The fourth-order valence-corrected chi connectivity index (χ4v) is 2.49. The average Bonchev–Trinajstić information content (AvgIpc) is 2.24. The van der Waals surface area contributed by atoms with E-state index in [4.69, 9.17) is 9.73 Å². The van der Waals surface area contributed by atoms with Crippen LogP contribution in [0.4, 0.5) is 0 Å². The van der Waals surface area contributed by atoms with Gasteiger partial charge in [-0.25, -0.2) is 0 Å². The van der Waals surface area contributed by atoms with Crippen LogP contribution in [0.25, 0.3) is 0 Å². The highest BCUT2D eigenvalue weighted by molar-refractivity contribution is 5.88. The monoisotopic (exact) mass is 207 g/mol. The van der Waals surface area contributed by atoms with Gasteiger partial charge in [0, 0.05) is 5.92 Å². The molecule has 2 heteroatoms. The first-order valence-corrected chi connectivity index (χ1v) is 6.19. The Bertz CT molecular complexity index is 251. The fraction of sp³-hybridized carbons (Fsp3) is 0.769. The topological polar surface area (TPSA) is 21.6 Å². The molecule has 0 aromatic carbocycles. The van der Waals surface area contributed by atoms with Crippen LogP contribution in [-0.4, -0.2) is 18.4 Å². The van der Waals surface area contributed by atoms with Gasteiger partial charge in [0.15, 0.2) is 0 Å². The number of hydrogen-bond acceptors (Lipinski definition) is 2. The number of rotatable bonds is 1. The molecule has 0 bridgehead atoms. The van der Waals surface area contributed by atoms with Crippen molar-refractivity contribution < 1.29 is 4.74 Å². The van der Waals surface area contributed by atoms with Gasteiger partial charge >= 0.3 is 0 Å². The summed E-state index contributed by atoms with van der Waals surface area (Å²) in [6.45, 7) is 2.91. The van der Waals surface area contributed by atoms with Crippen LogP contribution >= 0.6 is 0 Å². The van der Waals surface area contributed by atoms with Crippen molar-refractivity contribution >= 4 is 5.71 Å². The Balaban J connectivity index is 2.00. The molecule has 0 amide bonds. The van der Waals surface area contributed by atoms with E-state index in [1.165, 1.54) is 37.8 Å². The van der Waals surface area contributed by atoms with Crippen LogP contribution in [0.3, 0.4) is 0 Å². The molecule has 2 rings (SSSR count). The van der Waals surface area contributed by atoms with Crippen molar-refractivity contribution in [1.82, 2.24) is 0 Å². The molecule has 0 spiro atoms. The predicted octanol–water partition coefficient (Wildman–Crippen LogP) is 3.33. The van der Waals surface area contributed by atoms with Gasteiger partial charge in [-0.15, -0.1) is 0 Å². The molecule has 1 aliphatic carbocycles. The molecule has 1 aliphatic heterocycles. The van der Waals surface area contributed by atoms with Gasteiger partial charge in [-0.05, 0) is 32.3 Å². The minimum atomic E-state index is 0.432. The third-order valence-corrected chi connectivity index (χ3v) is 3.36. The van der Waals surface area contributed by atoms with E-state index in [1.807, 2.05) is 6.26 Å². The molecule has 2 aliphatic rings. The summed E-state index contributed by atoms with van der Waals surface area (Å²) in [4.78, 5) is 4.80. The lowest BCUT2D eigenvalue weighted by molar-refractivity contribution is 0.286. The Hall–Kier alpha value is -0.790. The second-order valence-corrected chi connectivity index (χ2v) is 4.72. The maximum atomic E-state index is 5.48. The third kappa shape index (κ3) is 3.08. The molecule has 1 saturated carbocycles. The summed E-state index contributed by atoms with van der Waals surface area (Å²) >= 11 is 0. The number of nitrogens with zero attached hydrogens (tertiary/aromatic N) is 1. The van der Waals surface area contributed by atoms with Gasteiger partial charge in [-0.2, -0.15) is 0 Å². The fourth-order valence-electron chi connectivity index (χ4n) is 2.49. The Morgan fingerprint density at radius 3 is 2.87 bits per heavy atom. The smallest absolute Gasteiger partial charge is 0.125 e. The molecule has 0 saturated heterocycles. The van der Waals surface area contributed by atoms with Crippen LogP contribution in [0.1, 0.15) is 45.4 Å². The maximum absolute atomic E-state index is 5.48. The molecular formula is C13H21NO. The van der Waals surface area contributed by atoms with Gasteiger partial charge < -0.3 is 4.74 Å². The predicted molar refractivity (Wildman–Crippen MR) is 63.2 cm³/mol. The first kappa shape index (κ1) is 10.7. The van der Waals surface area contributed by atoms with Crippen molar-refractivity contribution in [3.05, 3.63) is 12.3 Å². The Kier molecular flexibility index (Phi) is 3.81. The Morgan fingerprint density at radius 1 is 1.27 bits per heavy atom. The van der Waals surface area contributed by atoms with E-state index in [0.29, 0.717) is 18.6 Å². The van der Waals surface area contributed by atoms with Crippen molar-refractivity contribution in [2.24, 2.45) is 10.9 Å². The van der Waals surface area contributed by atoms with E-state index in [0.717, 1.165) is 6.42 Å². The van der Waals surface area contributed by atoms with Gasteiger partial charge in [0.1, 0.15) is 6.61 Å². The van der Waals surface area contributed by atoms with Gasteiger partial charge in [0.25, 0.3) is 0 Å². The Labute approximate surface area is 92.4 Å². The Morgan fingerprint density at radius 2 is 2.07 bits per heavy atom. The minimum Gasteiger partial charge on any atom is -0.496 e. The SMILES string of the molecule is CC1CC=COCC(C2CCCCC2)=N1. The molecule has 1 fully saturated rings. The van der Waals surface area contributed by atoms with Crippen LogP contribution in [-0.2, 0) is 4.74 Å². The zero-order valence-corrected chi connectivity index (χ0v) is 9.61. The molecule has 0 radical (unpaired) electrons. The molecule has 1 heterocycles. The average molecular weight is 207 g/mol. The normalized spacial score (nSPS) is 28.9. The van der Waals surface area contributed by atoms with E-state index in [2.05, 4.69) is 13.0 Å². The molecule has 0 aromatic rings. The molecule has 15 heavy (non-hydrogen) atoms. The van der Waals surface area contributed by atoms with Crippen molar-refractivity contribution in [2.75, 3.05) is 6.61 Å². The highest BCUT2D eigenvalue weighted by Gasteiger charge is 2.20. The summed E-state index contributed by atoms with van der Waals surface area (Å²) in [5.41, 5.74) is 1.31. The number of ether oxygens (including phenoxy) is 1. The summed E-state index contributed by atoms with van der Waals surface area (Å²) in [5, 5.41) is 0. The lowest BCUT2D eigenvalue weighted by Crippen LogP contribution is -2.24. The van der Waals surface area contributed by atoms with Crippen LogP contribution in [0.2, 0.25) is 0 Å². The highest BCUT2D eigenvalue weighted by Crippen LogP contribution is 2.26. The molecular weight excluding hydrogens is 186 g/mol. The molecule has 0 aromatic heterocycles. The molecule has 84 valence electrons. The third-order valence-electron chi connectivity index (χ3n) is 3.36. The molecule has 1 unspecified atom stereocenters. The van der Waals surface area contributed by atoms with Crippen LogP contribution in [0.15, 0.2) is 17.3 Å². The first-order chi connectivity index (χ1) is 7.36. The first-order valence-electron chi connectivity index (χ1n) is 6.19. The molecule has 2 nitrogen and oxygen atoms in total. The van der Waals surface area contributed by atoms with Crippen molar-refractivity contribution in [3.63, 3.8) is 0 Å². The summed E-state index contributed by atoms with van der Waals surface area (Å²) in [5.74, 6) is 0.702. The van der Waals surface area contributed by atoms with Crippen LogP contribution in [0.5, 0.6) is 0 Å². The molecule has 0 N–H and O–H groups in total. The van der Waals surface area contributed by atoms with Crippen molar-refractivity contribution in [1.29, 1.82) is 0 Å². The van der Waals surface area contributed by atoms with Gasteiger partial charge in [-0.1, -0.05) is 19.3 Å². The minimum absolute atomic E-state index is 0.432. The lowest BCUT2D eigenvalue weighted by Gasteiger charge is -2.25. The van der Waals surface area contributed by atoms with E-state index < -0.39 is 0 Å². The van der Waals surface area contributed by atoms with Gasteiger partial charge in [0.2, 0.25) is 0 Å². The highest BCUT2D eigenvalue weighted by atomic mass is 16.5. The van der Waals surface area contributed by atoms with Gasteiger partial charge in [-0.3, -0.25) is 4.99 Å². The second kappa shape index (κ2) is 5.34. The summed E-state index contributed by atoms with van der Waals surface area (Å²) in [7, 11) is 0. The van der Waals surface area contributed by atoms with Crippen molar-refractivity contribution in [2.45, 2.75) is 51.5 Å². The molecule has 1 atom stereocenters. The lowest BCUT2D eigenvalue weighted by atomic mass is 9.85. The zero-order chi connectivity index (χ0) is 10.5. The zero-order valence-electron chi connectivity index (χ0n) is 9.61. The van der Waals surface area contributed by atoms with E-state index in [1.54, 1.807) is 0 Å². The maximum Gasteiger partial charge on any atom is 0.125 e. The van der Waals surface area contributed by atoms with E-state index >= 15 is 0 Å². The summed E-state index contributed by atoms with van der Waals surface area (Å²) < 4.78 is 5.48.